The van der Waals surface area contributed by atoms with Crippen molar-refractivity contribution in [3.05, 3.63) is 65.9 Å². The summed E-state index contributed by atoms with van der Waals surface area (Å²) in [4.78, 5) is 16.7. The van der Waals surface area contributed by atoms with Crippen LogP contribution in [0.1, 0.15) is 15.9 Å². The van der Waals surface area contributed by atoms with Crippen molar-refractivity contribution in [3.8, 4) is 22.0 Å². The second kappa shape index (κ2) is 5.62. The third kappa shape index (κ3) is 2.39. The van der Waals surface area contributed by atoms with Gasteiger partial charge in [-0.05, 0) is 42.1 Å². The van der Waals surface area contributed by atoms with Crippen molar-refractivity contribution in [2.45, 2.75) is 6.92 Å². The number of carboxylic acids is 1. The number of aromatic nitrogens is 1. The number of nitrogens with zero attached hydrogens (tertiary/aromatic N) is 1. The summed E-state index contributed by atoms with van der Waals surface area (Å²) in [5.74, 6) is -0.547. The zero-order valence-electron chi connectivity index (χ0n) is 12.8. The normalized spacial score (nSPS) is 11.0. The lowest BCUT2D eigenvalue weighted by molar-refractivity contribution is 0.0697. The van der Waals surface area contributed by atoms with E-state index < -0.39 is 5.97 Å². The monoisotopic (exact) mass is 335 g/mol. The van der Waals surface area contributed by atoms with Gasteiger partial charge in [0, 0.05) is 10.3 Å². The lowest BCUT2D eigenvalue weighted by atomic mass is 10.1. The van der Waals surface area contributed by atoms with E-state index in [1.807, 2.05) is 12.1 Å². The Labute approximate surface area is 142 Å². The first kappa shape index (κ1) is 14.7. The zero-order chi connectivity index (χ0) is 16.7. The molecular formula is C19H13NO3S. The number of fused-ring (bicyclic) bond motifs is 1. The smallest absolute Gasteiger partial charge is 0.335 e. The summed E-state index contributed by atoms with van der Waals surface area (Å²) < 4.78 is 6.80. The lowest BCUT2D eigenvalue weighted by Crippen LogP contribution is -1.95. The topological polar surface area (TPSA) is 63.3 Å². The molecule has 0 aliphatic heterocycles. The van der Waals surface area contributed by atoms with E-state index in [4.69, 9.17) is 9.52 Å². The number of oxazole rings is 1. The Balaban J connectivity index is 1.78. The van der Waals surface area contributed by atoms with Crippen LogP contribution in [0.25, 0.3) is 32.1 Å². The van der Waals surface area contributed by atoms with Crippen molar-refractivity contribution in [2.75, 3.05) is 0 Å². The molecule has 0 aliphatic rings. The number of carbonyl (C=O) groups is 1. The standard InChI is InChI=1S/C19H13NO3S/c1-11-14-7-2-3-8-16(14)24-17(11)15-10-23-18(20-15)12-5-4-6-13(9-12)19(21)22/h2-10H,1H3,(H,21,22). The molecule has 5 heteroatoms. The molecule has 0 amide bonds. The zero-order valence-corrected chi connectivity index (χ0v) is 13.6. The molecular weight excluding hydrogens is 322 g/mol. The third-order valence-electron chi connectivity index (χ3n) is 3.94. The van der Waals surface area contributed by atoms with Crippen LogP contribution < -0.4 is 0 Å². The van der Waals surface area contributed by atoms with Crippen LogP contribution >= 0.6 is 11.3 Å². The molecule has 4 aromatic rings. The maximum Gasteiger partial charge on any atom is 0.335 e. The highest BCUT2D eigenvalue weighted by atomic mass is 32.1. The van der Waals surface area contributed by atoms with Crippen molar-refractivity contribution in [3.63, 3.8) is 0 Å². The molecule has 0 fully saturated rings. The van der Waals surface area contributed by atoms with E-state index in [0.717, 1.165) is 10.6 Å². The highest BCUT2D eigenvalue weighted by Gasteiger charge is 2.15. The van der Waals surface area contributed by atoms with Crippen LogP contribution in [0.4, 0.5) is 0 Å². The van der Waals surface area contributed by atoms with Gasteiger partial charge in [0.2, 0.25) is 5.89 Å². The third-order valence-corrected chi connectivity index (χ3v) is 5.23. The number of carboxylic acid groups (broad SMARTS) is 1. The molecule has 2 aromatic carbocycles. The van der Waals surface area contributed by atoms with E-state index in [1.165, 1.54) is 15.6 Å². The van der Waals surface area contributed by atoms with E-state index in [9.17, 15) is 4.79 Å². The van der Waals surface area contributed by atoms with Gasteiger partial charge in [0.1, 0.15) is 12.0 Å². The summed E-state index contributed by atoms with van der Waals surface area (Å²) in [6.07, 6.45) is 1.63. The fraction of sp³-hybridized carbons (Fsp3) is 0.0526. The maximum absolute atomic E-state index is 11.1. The molecule has 0 spiro atoms. The average Bonchev–Trinajstić information content (AvgIpc) is 3.20. The molecule has 4 nitrogen and oxygen atoms in total. The first-order valence-corrected chi connectivity index (χ1v) is 8.23. The van der Waals surface area contributed by atoms with Gasteiger partial charge >= 0.3 is 5.97 Å². The summed E-state index contributed by atoms with van der Waals surface area (Å²) in [6, 6.07) is 14.8. The van der Waals surface area contributed by atoms with Gasteiger partial charge in [0.15, 0.2) is 0 Å². The highest BCUT2D eigenvalue weighted by Crippen LogP contribution is 2.38. The minimum atomic E-state index is -0.969. The maximum atomic E-state index is 11.1. The number of aryl methyl sites for hydroxylation is 1. The predicted octanol–water partition coefficient (Wildman–Crippen LogP) is 5.23. The van der Waals surface area contributed by atoms with Gasteiger partial charge in [-0.3, -0.25) is 0 Å². The molecule has 24 heavy (non-hydrogen) atoms. The number of hydrogen-bond acceptors (Lipinski definition) is 4. The van der Waals surface area contributed by atoms with Crippen LogP contribution in [-0.2, 0) is 0 Å². The van der Waals surface area contributed by atoms with E-state index in [2.05, 4.69) is 24.0 Å². The second-order valence-electron chi connectivity index (χ2n) is 5.48. The van der Waals surface area contributed by atoms with Crippen molar-refractivity contribution in [1.82, 2.24) is 4.98 Å². The molecule has 0 aliphatic carbocycles. The van der Waals surface area contributed by atoms with Gasteiger partial charge in [-0.2, -0.15) is 0 Å². The fourth-order valence-electron chi connectivity index (χ4n) is 2.71. The molecule has 118 valence electrons. The fourth-order valence-corrected chi connectivity index (χ4v) is 3.87. The van der Waals surface area contributed by atoms with Gasteiger partial charge < -0.3 is 9.52 Å². The average molecular weight is 335 g/mol. The van der Waals surface area contributed by atoms with Gasteiger partial charge in [-0.25, -0.2) is 9.78 Å². The second-order valence-corrected chi connectivity index (χ2v) is 6.53. The predicted molar refractivity (Wildman–Crippen MR) is 94.5 cm³/mol. The summed E-state index contributed by atoms with van der Waals surface area (Å²) in [5.41, 5.74) is 2.81. The van der Waals surface area contributed by atoms with Crippen LogP contribution in [0.5, 0.6) is 0 Å². The number of thiophene rings is 1. The summed E-state index contributed by atoms with van der Waals surface area (Å²) in [6.45, 7) is 2.08. The van der Waals surface area contributed by atoms with Crippen LogP contribution in [0.3, 0.4) is 0 Å². The van der Waals surface area contributed by atoms with Gasteiger partial charge in [0.05, 0.1) is 10.4 Å². The summed E-state index contributed by atoms with van der Waals surface area (Å²) in [5, 5.41) is 10.3. The molecule has 0 radical (unpaired) electrons. The van der Waals surface area contributed by atoms with E-state index in [0.29, 0.717) is 11.5 Å². The van der Waals surface area contributed by atoms with Crippen LogP contribution in [-0.4, -0.2) is 16.1 Å². The minimum Gasteiger partial charge on any atom is -0.478 e. The Hall–Kier alpha value is -2.92. The largest absolute Gasteiger partial charge is 0.478 e. The van der Waals surface area contributed by atoms with Crippen LogP contribution in [0.2, 0.25) is 0 Å². The van der Waals surface area contributed by atoms with Gasteiger partial charge in [0.25, 0.3) is 0 Å². The van der Waals surface area contributed by atoms with Crippen LogP contribution in [0, 0.1) is 6.92 Å². The van der Waals surface area contributed by atoms with Crippen molar-refractivity contribution >= 4 is 27.4 Å². The number of hydrogen-bond donors (Lipinski definition) is 1. The van der Waals surface area contributed by atoms with Crippen molar-refractivity contribution < 1.29 is 14.3 Å². The summed E-state index contributed by atoms with van der Waals surface area (Å²) >= 11 is 1.68. The molecule has 4 rings (SSSR count). The van der Waals surface area contributed by atoms with E-state index in [-0.39, 0.29) is 5.56 Å². The first-order chi connectivity index (χ1) is 11.6. The van der Waals surface area contributed by atoms with Crippen molar-refractivity contribution in [2.24, 2.45) is 0 Å². The molecule has 2 aromatic heterocycles. The number of benzene rings is 2. The lowest BCUT2D eigenvalue weighted by Gasteiger charge is -1.97. The Kier molecular flexibility index (Phi) is 3.43. The Bertz CT molecular complexity index is 1060. The molecule has 0 bridgehead atoms. The molecule has 0 unspecified atom stereocenters. The first-order valence-electron chi connectivity index (χ1n) is 7.41. The van der Waals surface area contributed by atoms with E-state index in [1.54, 1.807) is 41.9 Å². The molecule has 2 heterocycles. The molecule has 1 N–H and O–H groups in total. The molecule has 0 saturated carbocycles. The molecule has 0 atom stereocenters. The number of rotatable bonds is 3. The van der Waals surface area contributed by atoms with Gasteiger partial charge in [-0.1, -0.05) is 24.3 Å². The SMILES string of the molecule is Cc1c(-c2coc(-c3cccc(C(=O)O)c3)n2)sc2ccccc12. The van der Waals surface area contributed by atoms with Crippen LogP contribution in [0.15, 0.2) is 59.2 Å². The Morgan fingerprint density at radius 1 is 1.17 bits per heavy atom. The quantitative estimate of drug-likeness (QED) is 0.557. The summed E-state index contributed by atoms with van der Waals surface area (Å²) in [7, 11) is 0. The number of aromatic carboxylic acids is 1. The molecule has 0 saturated heterocycles. The minimum absolute atomic E-state index is 0.213. The van der Waals surface area contributed by atoms with E-state index >= 15 is 0 Å². The Morgan fingerprint density at radius 2 is 2.00 bits per heavy atom. The Morgan fingerprint density at radius 3 is 2.79 bits per heavy atom. The van der Waals surface area contributed by atoms with Gasteiger partial charge in [-0.15, -0.1) is 11.3 Å². The van der Waals surface area contributed by atoms with Crippen molar-refractivity contribution in [1.29, 1.82) is 0 Å². The highest BCUT2D eigenvalue weighted by molar-refractivity contribution is 7.22.